The Kier molecular flexibility index (Phi) is 2.01. The molecule has 0 amide bonds. The van der Waals surface area contributed by atoms with Gasteiger partial charge in [-0.1, -0.05) is 13.8 Å². The van der Waals surface area contributed by atoms with Crippen molar-refractivity contribution in [3.8, 4) is 0 Å². The zero-order valence-corrected chi connectivity index (χ0v) is 9.11. The quantitative estimate of drug-likeness (QED) is 0.620. The van der Waals surface area contributed by atoms with Crippen molar-refractivity contribution < 1.29 is 5.11 Å². The molecule has 2 heteroatoms. The van der Waals surface area contributed by atoms with Gasteiger partial charge in [-0.2, -0.15) is 0 Å². The first kappa shape index (κ1) is 8.97. The highest BCUT2D eigenvalue weighted by atomic mass is 31.0. The van der Waals surface area contributed by atoms with Gasteiger partial charge in [0.15, 0.2) is 0 Å². The molecule has 3 rings (SSSR count). The first-order valence-electron chi connectivity index (χ1n) is 4.95. The maximum Gasteiger partial charge on any atom is 0.0577 e. The summed E-state index contributed by atoms with van der Waals surface area (Å²) in [5, 5.41) is 9.79. The molecule has 2 bridgehead atoms. The normalized spacial score (nSPS) is 50.0. The third-order valence-corrected chi connectivity index (χ3v) is 4.90. The monoisotopic (exact) mass is 186 g/mol. The molecule has 0 saturated heterocycles. The molecule has 1 nitrogen and oxygen atoms in total. The lowest BCUT2D eigenvalue weighted by molar-refractivity contribution is -0.152. The smallest absolute Gasteiger partial charge is 0.0577 e. The van der Waals surface area contributed by atoms with Crippen LogP contribution in [0.15, 0.2) is 0 Å². The Hall–Kier alpha value is 0.390. The van der Waals surface area contributed by atoms with Crippen LogP contribution in [-0.2, 0) is 0 Å². The van der Waals surface area contributed by atoms with Gasteiger partial charge in [-0.25, -0.2) is 0 Å². The standard InChI is InChI=1S/C10H19OP/c1-10(2)6-3-8(10)7(5-12)9(11)4-6/h6-9,11H,3-5,12H2,1-2H3/t6-,7+,8+,9+/m1/s1. The van der Waals surface area contributed by atoms with E-state index in [-0.39, 0.29) is 6.10 Å². The predicted molar refractivity (Wildman–Crippen MR) is 54.1 cm³/mol. The topological polar surface area (TPSA) is 20.2 Å². The van der Waals surface area contributed by atoms with E-state index in [2.05, 4.69) is 23.1 Å². The number of aliphatic hydroxyl groups is 1. The van der Waals surface area contributed by atoms with Crippen molar-refractivity contribution in [3.05, 3.63) is 0 Å². The first-order chi connectivity index (χ1) is 5.57. The molecule has 3 fully saturated rings. The van der Waals surface area contributed by atoms with Gasteiger partial charge in [0, 0.05) is 0 Å². The highest BCUT2D eigenvalue weighted by Crippen LogP contribution is 2.61. The van der Waals surface area contributed by atoms with Crippen molar-refractivity contribution in [2.24, 2.45) is 23.2 Å². The van der Waals surface area contributed by atoms with E-state index in [4.69, 9.17) is 0 Å². The lowest BCUT2D eigenvalue weighted by atomic mass is 9.45. The van der Waals surface area contributed by atoms with Crippen LogP contribution < -0.4 is 0 Å². The summed E-state index contributed by atoms with van der Waals surface area (Å²) in [6.07, 6.45) is 3.47. The molecule has 0 heterocycles. The number of hydrogen-bond acceptors (Lipinski definition) is 1. The number of rotatable bonds is 1. The molecule has 1 N–H and O–H groups in total. The molecule has 5 atom stereocenters. The summed E-state index contributed by atoms with van der Waals surface area (Å²) in [4.78, 5) is 0. The van der Waals surface area contributed by atoms with Crippen LogP contribution in [0.2, 0.25) is 0 Å². The zero-order chi connectivity index (χ0) is 8.93. The summed E-state index contributed by atoms with van der Waals surface area (Å²) < 4.78 is 0. The Balaban J connectivity index is 2.15. The van der Waals surface area contributed by atoms with Crippen molar-refractivity contribution >= 4 is 9.24 Å². The van der Waals surface area contributed by atoms with E-state index in [1.54, 1.807) is 0 Å². The van der Waals surface area contributed by atoms with Crippen LogP contribution in [-0.4, -0.2) is 17.4 Å². The third kappa shape index (κ3) is 0.992. The molecule has 0 aliphatic heterocycles. The average molecular weight is 186 g/mol. The van der Waals surface area contributed by atoms with Gasteiger partial charge in [-0.3, -0.25) is 0 Å². The van der Waals surface area contributed by atoms with E-state index >= 15 is 0 Å². The molecule has 3 saturated carbocycles. The molecule has 0 aromatic rings. The van der Waals surface area contributed by atoms with E-state index < -0.39 is 0 Å². The van der Waals surface area contributed by atoms with Gasteiger partial charge in [-0.05, 0) is 42.2 Å². The molecular weight excluding hydrogens is 167 g/mol. The molecule has 12 heavy (non-hydrogen) atoms. The fourth-order valence-electron chi connectivity index (χ4n) is 3.24. The number of fused-ring (bicyclic) bond motifs is 2. The summed E-state index contributed by atoms with van der Waals surface area (Å²) in [5.41, 5.74) is 0.514. The minimum absolute atomic E-state index is 0.0146. The second-order valence-corrected chi connectivity index (χ2v) is 5.53. The van der Waals surface area contributed by atoms with Gasteiger partial charge >= 0.3 is 0 Å². The SMILES string of the molecule is CC1(C)[C@H]2C[C@H](O)[C@@H](CP)[C@@H]1C2. The average Bonchev–Trinajstić information content (AvgIpc) is 2.03. The zero-order valence-electron chi connectivity index (χ0n) is 7.96. The van der Waals surface area contributed by atoms with Crippen molar-refractivity contribution in [1.82, 2.24) is 0 Å². The third-order valence-electron chi connectivity index (χ3n) is 4.36. The van der Waals surface area contributed by atoms with Crippen LogP contribution in [0, 0.1) is 23.2 Å². The summed E-state index contributed by atoms with van der Waals surface area (Å²) in [6.45, 7) is 4.73. The molecule has 0 spiro atoms. The fourth-order valence-corrected chi connectivity index (χ4v) is 3.88. The fraction of sp³-hybridized carbons (Fsp3) is 1.00. The summed E-state index contributed by atoms with van der Waals surface area (Å²) in [7, 11) is 2.79. The van der Waals surface area contributed by atoms with Gasteiger partial charge in [0.25, 0.3) is 0 Å². The van der Waals surface area contributed by atoms with Crippen molar-refractivity contribution in [2.75, 3.05) is 6.16 Å². The van der Waals surface area contributed by atoms with Gasteiger partial charge in [-0.15, -0.1) is 9.24 Å². The molecule has 0 aromatic heterocycles. The van der Waals surface area contributed by atoms with Crippen LogP contribution in [0.3, 0.4) is 0 Å². The maximum absolute atomic E-state index is 9.79. The van der Waals surface area contributed by atoms with Gasteiger partial charge in [0.2, 0.25) is 0 Å². The Labute approximate surface area is 77.1 Å². The van der Waals surface area contributed by atoms with Crippen LogP contribution in [0.4, 0.5) is 0 Å². The summed E-state index contributed by atoms with van der Waals surface area (Å²) >= 11 is 0. The number of hydrogen-bond donors (Lipinski definition) is 1. The highest BCUT2D eigenvalue weighted by molar-refractivity contribution is 7.16. The van der Waals surface area contributed by atoms with Crippen LogP contribution in [0.25, 0.3) is 0 Å². The molecule has 3 aliphatic rings. The van der Waals surface area contributed by atoms with Gasteiger partial charge in [0.1, 0.15) is 0 Å². The molecular formula is C10H19OP. The molecule has 1 unspecified atom stereocenters. The second kappa shape index (κ2) is 2.69. The van der Waals surface area contributed by atoms with E-state index in [1.165, 1.54) is 6.42 Å². The number of aliphatic hydroxyl groups excluding tert-OH is 1. The lowest BCUT2D eigenvalue weighted by Crippen LogP contribution is -2.57. The Bertz CT molecular complexity index is 190. The molecule has 0 radical (unpaired) electrons. The maximum atomic E-state index is 9.79. The first-order valence-corrected chi connectivity index (χ1v) is 5.77. The highest BCUT2D eigenvalue weighted by Gasteiger charge is 2.56. The van der Waals surface area contributed by atoms with Crippen molar-refractivity contribution in [1.29, 1.82) is 0 Å². The minimum Gasteiger partial charge on any atom is -0.393 e. The molecule has 70 valence electrons. The van der Waals surface area contributed by atoms with Crippen LogP contribution in [0.1, 0.15) is 26.7 Å². The lowest BCUT2D eigenvalue weighted by Gasteiger charge is -2.61. The Morgan fingerprint density at radius 3 is 2.50 bits per heavy atom. The Morgan fingerprint density at radius 1 is 1.42 bits per heavy atom. The van der Waals surface area contributed by atoms with Crippen LogP contribution in [0.5, 0.6) is 0 Å². The van der Waals surface area contributed by atoms with E-state index in [0.717, 1.165) is 24.4 Å². The summed E-state index contributed by atoms with van der Waals surface area (Å²) in [5.74, 6) is 2.13. The second-order valence-electron chi connectivity index (χ2n) is 5.06. The minimum atomic E-state index is -0.0146. The molecule has 3 aliphatic carbocycles. The largest absolute Gasteiger partial charge is 0.393 e. The van der Waals surface area contributed by atoms with E-state index in [0.29, 0.717) is 11.3 Å². The van der Waals surface area contributed by atoms with Gasteiger partial charge in [0.05, 0.1) is 6.10 Å². The molecule has 0 aromatic carbocycles. The Morgan fingerprint density at radius 2 is 2.08 bits per heavy atom. The van der Waals surface area contributed by atoms with Crippen molar-refractivity contribution in [3.63, 3.8) is 0 Å². The van der Waals surface area contributed by atoms with E-state index in [1.807, 2.05) is 0 Å². The predicted octanol–water partition coefficient (Wildman–Crippen LogP) is 1.90. The van der Waals surface area contributed by atoms with E-state index in [9.17, 15) is 5.11 Å². The van der Waals surface area contributed by atoms with Gasteiger partial charge < -0.3 is 5.11 Å². The summed E-state index contributed by atoms with van der Waals surface area (Å²) in [6, 6.07) is 0. The van der Waals surface area contributed by atoms with Crippen LogP contribution >= 0.6 is 9.24 Å². The van der Waals surface area contributed by atoms with Crippen molar-refractivity contribution in [2.45, 2.75) is 32.8 Å².